The molecule has 0 heterocycles. The number of carbonyl (C=O) groups is 1. The zero-order chi connectivity index (χ0) is 15.3. The van der Waals surface area contributed by atoms with Crippen molar-refractivity contribution in [1.82, 2.24) is 0 Å². The lowest BCUT2D eigenvalue weighted by Crippen LogP contribution is -2.22. The molecule has 20 heavy (non-hydrogen) atoms. The zero-order valence-corrected chi connectivity index (χ0v) is 12.6. The van der Waals surface area contributed by atoms with E-state index in [0.717, 1.165) is 0 Å². The third-order valence-corrected chi connectivity index (χ3v) is 4.96. The summed E-state index contributed by atoms with van der Waals surface area (Å²) in [6.07, 6.45) is 0. The van der Waals surface area contributed by atoms with Gasteiger partial charge in [-0.3, -0.25) is 0 Å². The average Bonchev–Trinajstić information content (AvgIpc) is 2.38. The molecule has 0 fully saturated rings. The van der Waals surface area contributed by atoms with Crippen molar-refractivity contribution < 1.29 is 22.7 Å². The molecule has 0 aliphatic carbocycles. The van der Waals surface area contributed by atoms with Gasteiger partial charge in [-0.2, -0.15) is 0 Å². The highest BCUT2D eigenvalue weighted by atomic mass is 32.2. The van der Waals surface area contributed by atoms with Crippen LogP contribution in [0.1, 0.15) is 24.2 Å². The zero-order valence-electron chi connectivity index (χ0n) is 11.8. The molecular weight excluding hydrogens is 282 g/mol. The first kappa shape index (κ1) is 16.3. The summed E-state index contributed by atoms with van der Waals surface area (Å²) in [5, 5.41) is -0.488. The van der Waals surface area contributed by atoms with Crippen molar-refractivity contribution in [2.45, 2.75) is 19.1 Å². The summed E-state index contributed by atoms with van der Waals surface area (Å²) < 4.78 is 33.0. The largest absolute Gasteiger partial charge is 0.495 e. The number of anilines is 1. The summed E-state index contributed by atoms with van der Waals surface area (Å²) in [5.41, 5.74) is 6.25. The van der Waals surface area contributed by atoms with Crippen LogP contribution in [0, 0.1) is 0 Å². The van der Waals surface area contributed by atoms with Crippen LogP contribution < -0.4 is 10.5 Å². The van der Waals surface area contributed by atoms with Gasteiger partial charge in [-0.05, 0) is 32.0 Å². The Labute approximate surface area is 118 Å². The Morgan fingerprint density at radius 3 is 2.50 bits per heavy atom. The second-order valence-electron chi connectivity index (χ2n) is 4.51. The van der Waals surface area contributed by atoms with Crippen LogP contribution in [0.2, 0.25) is 0 Å². The summed E-state index contributed by atoms with van der Waals surface area (Å²) in [4.78, 5) is 11.7. The number of hydrogen-bond donors (Lipinski definition) is 1. The van der Waals surface area contributed by atoms with Gasteiger partial charge in [0.05, 0.1) is 29.4 Å². The van der Waals surface area contributed by atoms with Gasteiger partial charge < -0.3 is 15.2 Å². The third kappa shape index (κ3) is 4.12. The topological polar surface area (TPSA) is 95.7 Å². The number of sulfone groups is 1. The second kappa shape index (κ2) is 6.60. The quantitative estimate of drug-likeness (QED) is 0.627. The Hall–Kier alpha value is -1.76. The number of benzene rings is 1. The van der Waals surface area contributed by atoms with Gasteiger partial charge >= 0.3 is 5.97 Å². The molecule has 0 amide bonds. The predicted molar refractivity (Wildman–Crippen MR) is 76.6 cm³/mol. The first-order valence-electron chi connectivity index (χ1n) is 6.10. The van der Waals surface area contributed by atoms with Gasteiger partial charge in [0.15, 0.2) is 9.84 Å². The fourth-order valence-corrected chi connectivity index (χ4v) is 2.22. The Bertz CT molecular complexity index is 580. The minimum absolute atomic E-state index is 0.175. The van der Waals surface area contributed by atoms with E-state index in [1.165, 1.54) is 19.2 Å². The number of nitrogen functional groups attached to an aromatic ring is 1. The monoisotopic (exact) mass is 301 g/mol. The first-order valence-corrected chi connectivity index (χ1v) is 7.81. The molecule has 6 nitrogen and oxygen atoms in total. The van der Waals surface area contributed by atoms with Gasteiger partial charge in [-0.1, -0.05) is 0 Å². The van der Waals surface area contributed by atoms with E-state index in [1.807, 2.05) is 0 Å². The minimum atomic E-state index is -3.22. The maximum Gasteiger partial charge on any atom is 0.338 e. The molecule has 1 aromatic carbocycles. The molecule has 2 N–H and O–H groups in total. The molecular formula is C13H19NO5S. The Kier molecular flexibility index (Phi) is 5.38. The molecule has 7 heteroatoms. The average molecular weight is 301 g/mol. The van der Waals surface area contributed by atoms with E-state index in [4.69, 9.17) is 15.2 Å². The van der Waals surface area contributed by atoms with Crippen LogP contribution in [0.15, 0.2) is 18.2 Å². The van der Waals surface area contributed by atoms with Crippen LogP contribution in [0.25, 0.3) is 0 Å². The summed E-state index contributed by atoms with van der Waals surface area (Å²) >= 11 is 0. The molecule has 0 aliphatic rings. The van der Waals surface area contributed by atoms with Crippen LogP contribution in [-0.2, 0) is 14.6 Å². The van der Waals surface area contributed by atoms with Crippen molar-refractivity contribution in [3.63, 3.8) is 0 Å². The number of carbonyl (C=O) groups excluding carboxylic acids is 1. The van der Waals surface area contributed by atoms with Crippen molar-refractivity contribution in [3.05, 3.63) is 23.8 Å². The molecule has 1 rings (SSSR count). The van der Waals surface area contributed by atoms with Crippen LogP contribution in [-0.4, -0.2) is 39.1 Å². The minimum Gasteiger partial charge on any atom is -0.495 e. The van der Waals surface area contributed by atoms with Crippen molar-refractivity contribution in [2.24, 2.45) is 0 Å². The summed E-state index contributed by atoms with van der Waals surface area (Å²) in [5.74, 6) is -0.343. The Balaban J connectivity index is 2.62. The highest BCUT2D eigenvalue weighted by Gasteiger charge is 2.17. The van der Waals surface area contributed by atoms with E-state index in [1.54, 1.807) is 19.9 Å². The number of ether oxygens (including phenoxy) is 2. The van der Waals surface area contributed by atoms with Crippen molar-refractivity contribution in [1.29, 1.82) is 0 Å². The van der Waals surface area contributed by atoms with E-state index in [9.17, 15) is 13.2 Å². The SMILES string of the molecule is COc1ccc(C(=O)OCCS(=O)(=O)C(C)C)cc1N. The van der Waals surface area contributed by atoms with Crippen molar-refractivity contribution in [3.8, 4) is 5.75 Å². The molecule has 0 unspecified atom stereocenters. The van der Waals surface area contributed by atoms with Crippen LogP contribution in [0.5, 0.6) is 5.75 Å². The first-order chi connectivity index (χ1) is 9.27. The molecule has 0 aliphatic heterocycles. The van der Waals surface area contributed by atoms with Gasteiger partial charge in [0.1, 0.15) is 12.4 Å². The Morgan fingerprint density at radius 2 is 2.00 bits per heavy atom. The molecule has 0 saturated heterocycles. The van der Waals surface area contributed by atoms with Crippen LogP contribution in [0.4, 0.5) is 5.69 Å². The second-order valence-corrected chi connectivity index (χ2v) is 7.19. The number of esters is 1. The van der Waals surface area contributed by atoms with Gasteiger partial charge in [-0.25, -0.2) is 13.2 Å². The number of rotatable bonds is 6. The highest BCUT2D eigenvalue weighted by Crippen LogP contribution is 2.22. The maximum absolute atomic E-state index is 11.7. The maximum atomic E-state index is 11.7. The van der Waals surface area contributed by atoms with Crippen molar-refractivity contribution in [2.75, 3.05) is 25.2 Å². The molecule has 1 aromatic rings. The molecule has 0 bridgehead atoms. The lowest BCUT2D eigenvalue weighted by molar-refractivity contribution is 0.0529. The third-order valence-electron chi connectivity index (χ3n) is 2.78. The standard InChI is InChI=1S/C13H19NO5S/c1-9(2)20(16,17)7-6-19-13(15)10-4-5-12(18-3)11(14)8-10/h4-5,8-9H,6-7,14H2,1-3H3. The predicted octanol–water partition coefficient (Wildman–Crippen LogP) is 1.26. The van der Waals surface area contributed by atoms with E-state index in [2.05, 4.69) is 0 Å². The van der Waals surface area contributed by atoms with E-state index < -0.39 is 21.1 Å². The van der Waals surface area contributed by atoms with Gasteiger partial charge in [0.2, 0.25) is 0 Å². The number of methoxy groups -OCH3 is 1. The molecule has 0 aromatic heterocycles. The summed E-state index contributed by atoms with van der Waals surface area (Å²) in [6, 6.07) is 4.49. The van der Waals surface area contributed by atoms with E-state index >= 15 is 0 Å². The number of hydrogen-bond acceptors (Lipinski definition) is 6. The lowest BCUT2D eigenvalue weighted by atomic mass is 10.2. The summed E-state index contributed by atoms with van der Waals surface area (Å²) in [7, 11) is -1.74. The smallest absolute Gasteiger partial charge is 0.338 e. The fourth-order valence-electron chi connectivity index (χ4n) is 1.43. The Morgan fingerprint density at radius 1 is 1.35 bits per heavy atom. The fraction of sp³-hybridized carbons (Fsp3) is 0.462. The molecule has 0 radical (unpaired) electrons. The van der Waals surface area contributed by atoms with E-state index in [0.29, 0.717) is 11.4 Å². The summed E-state index contributed by atoms with van der Waals surface area (Å²) in [6.45, 7) is 2.99. The molecule has 0 saturated carbocycles. The molecule has 0 spiro atoms. The number of nitrogens with two attached hydrogens (primary N) is 1. The van der Waals surface area contributed by atoms with Gasteiger partial charge in [0.25, 0.3) is 0 Å². The molecule has 112 valence electrons. The normalized spacial score (nSPS) is 11.4. The van der Waals surface area contributed by atoms with Crippen LogP contribution >= 0.6 is 0 Å². The van der Waals surface area contributed by atoms with Gasteiger partial charge in [-0.15, -0.1) is 0 Å². The molecule has 0 atom stereocenters. The lowest BCUT2D eigenvalue weighted by Gasteiger charge is -2.09. The van der Waals surface area contributed by atoms with Crippen LogP contribution in [0.3, 0.4) is 0 Å². The van der Waals surface area contributed by atoms with Gasteiger partial charge in [0, 0.05) is 0 Å². The van der Waals surface area contributed by atoms with E-state index in [-0.39, 0.29) is 17.9 Å². The van der Waals surface area contributed by atoms with Crippen molar-refractivity contribution >= 4 is 21.5 Å². The highest BCUT2D eigenvalue weighted by molar-refractivity contribution is 7.91.